The number of aryl methyl sites for hydroxylation is 2. The lowest BCUT2D eigenvalue weighted by Gasteiger charge is -2.18. The van der Waals surface area contributed by atoms with Crippen molar-refractivity contribution in [1.82, 2.24) is 10.6 Å². The first-order chi connectivity index (χ1) is 29.0. The minimum atomic E-state index is -0.985. The van der Waals surface area contributed by atoms with Crippen molar-refractivity contribution in [3.8, 4) is 0 Å². The number of unbranched alkanes of at least 4 members (excludes halogenated alkanes) is 2. The summed E-state index contributed by atoms with van der Waals surface area (Å²) in [6, 6.07) is 28.8. The number of hydrogen-bond donors (Lipinski definition) is 8. The van der Waals surface area contributed by atoms with E-state index in [1.54, 1.807) is 61.0 Å². The number of amides is 2. The van der Waals surface area contributed by atoms with Crippen LogP contribution < -0.4 is 34.0 Å². The zero-order chi connectivity index (χ0) is 43.5. The Labute approximate surface area is 349 Å². The molecule has 0 aliphatic carbocycles. The van der Waals surface area contributed by atoms with Gasteiger partial charge in [-0.1, -0.05) is 91.0 Å². The number of nitrogens with one attached hydrogen (secondary N) is 2. The van der Waals surface area contributed by atoms with E-state index in [1.807, 2.05) is 48.5 Å². The Bertz CT molecular complexity index is 2070. The van der Waals surface area contributed by atoms with Gasteiger partial charge < -0.3 is 44.2 Å². The fourth-order valence-electron chi connectivity index (χ4n) is 6.17. The number of carboxylic acid groups (broad SMARTS) is 2. The van der Waals surface area contributed by atoms with Gasteiger partial charge in [0.25, 0.3) is 0 Å². The van der Waals surface area contributed by atoms with Crippen LogP contribution in [0, 0.1) is 0 Å². The van der Waals surface area contributed by atoms with Crippen molar-refractivity contribution in [2.75, 3.05) is 0 Å². The second kappa shape index (κ2) is 26.5. The largest absolute Gasteiger partial charge is 0.481 e. The molecule has 0 radical (unpaired) electrons. The van der Waals surface area contributed by atoms with Crippen LogP contribution >= 0.6 is 0 Å². The van der Waals surface area contributed by atoms with Gasteiger partial charge in [0.1, 0.15) is 0 Å². The van der Waals surface area contributed by atoms with Crippen LogP contribution in [0.25, 0.3) is 0 Å². The molecule has 12 N–H and O–H groups in total. The number of carbonyl (C=O) groups excluding carboxylic acids is 2. The predicted molar refractivity (Wildman–Crippen MR) is 234 cm³/mol. The number of carboxylic acids is 2. The number of carbonyl (C=O) groups is 4. The van der Waals surface area contributed by atoms with Crippen molar-refractivity contribution in [2.45, 2.75) is 76.3 Å². The van der Waals surface area contributed by atoms with E-state index in [2.05, 4.69) is 31.0 Å². The standard InChI is InChI=1S/2C22H27N5O3/c23-25-14-17-10-8-16(9-11-17)4-1-2-7-21(28)27-20(13-22(29)30)19-6-3-5-18(12-19)15-26-24;23-25-14-17-7-5-16(6-8-17)3-1-2-4-21(28)27-20(13-22(29)30)19-11-9-18(10-12-19)15-26-24/h3,5-6,8-12,14-15,20H,1-2,4,7,13,23-24H2,(H,27,28)(H,29,30);5-12,14-15,20H,1-4,13,23-24H2,(H,27,28)(H,29,30). The molecule has 4 rings (SSSR count). The van der Waals surface area contributed by atoms with E-state index in [1.165, 1.54) is 23.6 Å². The molecule has 0 saturated carbocycles. The highest BCUT2D eigenvalue weighted by Crippen LogP contribution is 2.20. The minimum absolute atomic E-state index is 0.164. The van der Waals surface area contributed by atoms with Crippen molar-refractivity contribution >= 4 is 48.6 Å². The molecule has 2 unspecified atom stereocenters. The highest BCUT2D eigenvalue weighted by molar-refractivity contribution is 5.82. The first kappa shape index (κ1) is 47.0. The minimum Gasteiger partial charge on any atom is -0.481 e. The molecular formula is C44H54N10O6. The molecule has 0 spiro atoms. The van der Waals surface area contributed by atoms with Crippen LogP contribution in [0.15, 0.2) is 117 Å². The van der Waals surface area contributed by atoms with Gasteiger partial charge in [-0.15, -0.1) is 0 Å². The van der Waals surface area contributed by atoms with Crippen LogP contribution in [0.1, 0.15) is 108 Å². The van der Waals surface area contributed by atoms with Gasteiger partial charge in [0.05, 0.1) is 49.8 Å². The van der Waals surface area contributed by atoms with Gasteiger partial charge >= 0.3 is 11.9 Å². The fraction of sp³-hybridized carbons (Fsp3) is 0.273. The third-order valence-electron chi connectivity index (χ3n) is 9.17. The van der Waals surface area contributed by atoms with Crippen LogP contribution in [0.2, 0.25) is 0 Å². The van der Waals surface area contributed by atoms with Crippen LogP contribution in [-0.4, -0.2) is 58.8 Å². The third kappa shape index (κ3) is 18.3. The smallest absolute Gasteiger partial charge is 0.305 e. The maximum Gasteiger partial charge on any atom is 0.305 e. The molecule has 16 heteroatoms. The highest BCUT2D eigenvalue weighted by atomic mass is 16.4. The fourth-order valence-corrected chi connectivity index (χ4v) is 6.17. The molecule has 0 fully saturated rings. The average molecular weight is 819 g/mol. The topological polar surface area (TPSA) is 286 Å². The van der Waals surface area contributed by atoms with Gasteiger partial charge in [0.2, 0.25) is 11.8 Å². The summed E-state index contributed by atoms with van der Waals surface area (Å²) in [5, 5.41) is 38.0. The molecule has 0 aliphatic rings. The van der Waals surface area contributed by atoms with E-state index in [4.69, 9.17) is 23.4 Å². The van der Waals surface area contributed by atoms with Gasteiger partial charge in [-0.2, -0.15) is 20.4 Å². The predicted octanol–water partition coefficient (Wildman–Crippen LogP) is 4.63. The zero-order valence-electron chi connectivity index (χ0n) is 33.4. The molecule has 0 aromatic heterocycles. The van der Waals surface area contributed by atoms with Gasteiger partial charge in [-0.05, 0) is 89.1 Å². The zero-order valence-corrected chi connectivity index (χ0v) is 33.4. The van der Waals surface area contributed by atoms with Crippen molar-refractivity contribution < 1.29 is 29.4 Å². The van der Waals surface area contributed by atoms with Crippen LogP contribution in [0.4, 0.5) is 0 Å². The molecular weight excluding hydrogens is 765 g/mol. The summed E-state index contributed by atoms with van der Waals surface area (Å²) in [7, 11) is 0. The lowest BCUT2D eigenvalue weighted by atomic mass is 10.0. The number of benzene rings is 4. The lowest BCUT2D eigenvalue weighted by molar-refractivity contribution is -0.139. The number of hydrazone groups is 4. The summed E-state index contributed by atoms with van der Waals surface area (Å²) in [5.41, 5.74) is 7.18. The van der Waals surface area contributed by atoms with E-state index in [9.17, 15) is 29.4 Å². The first-order valence-electron chi connectivity index (χ1n) is 19.4. The lowest BCUT2D eigenvalue weighted by Crippen LogP contribution is -2.30. The summed E-state index contributed by atoms with van der Waals surface area (Å²) in [6.07, 6.45) is 11.3. The Morgan fingerprint density at radius 1 is 0.500 bits per heavy atom. The van der Waals surface area contributed by atoms with E-state index in [0.717, 1.165) is 53.5 Å². The van der Waals surface area contributed by atoms with Crippen molar-refractivity contribution in [2.24, 2.45) is 43.8 Å². The van der Waals surface area contributed by atoms with Gasteiger partial charge in [0.15, 0.2) is 0 Å². The molecule has 0 aliphatic heterocycles. The van der Waals surface area contributed by atoms with Crippen molar-refractivity contribution in [3.05, 3.63) is 142 Å². The monoisotopic (exact) mass is 818 g/mol. The molecule has 2 atom stereocenters. The number of aliphatic carboxylic acids is 2. The summed E-state index contributed by atoms with van der Waals surface area (Å²) in [5.74, 6) is 18.3. The number of nitrogens with zero attached hydrogens (tertiary/aromatic N) is 4. The summed E-state index contributed by atoms with van der Waals surface area (Å²) < 4.78 is 0. The second-order valence-corrected chi connectivity index (χ2v) is 13.8. The maximum atomic E-state index is 12.4. The highest BCUT2D eigenvalue weighted by Gasteiger charge is 2.19. The van der Waals surface area contributed by atoms with Crippen molar-refractivity contribution in [1.29, 1.82) is 0 Å². The Morgan fingerprint density at radius 2 is 0.883 bits per heavy atom. The number of rotatable bonds is 22. The van der Waals surface area contributed by atoms with Crippen LogP contribution in [0.5, 0.6) is 0 Å². The Kier molecular flexibility index (Phi) is 20.8. The third-order valence-corrected chi connectivity index (χ3v) is 9.17. The quantitative estimate of drug-likeness (QED) is 0.0235. The van der Waals surface area contributed by atoms with E-state index < -0.39 is 24.0 Å². The van der Waals surface area contributed by atoms with E-state index in [-0.39, 0.29) is 24.7 Å². The van der Waals surface area contributed by atoms with Gasteiger partial charge in [-0.25, -0.2) is 0 Å². The molecule has 60 heavy (non-hydrogen) atoms. The van der Waals surface area contributed by atoms with Crippen molar-refractivity contribution in [3.63, 3.8) is 0 Å². The van der Waals surface area contributed by atoms with Crippen LogP contribution in [-0.2, 0) is 32.0 Å². The summed E-state index contributed by atoms with van der Waals surface area (Å²) in [6.45, 7) is 0. The van der Waals surface area contributed by atoms with Crippen LogP contribution in [0.3, 0.4) is 0 Å². The summed E-state index contributed by atoms with van der Waals surface area (Å²) >= 11 is 0. The molecule has 4 aromatic carbocycles. The molecule has 0 bridgehead atoms. The number of nitrogens with two attached hydrogens (primary N) is 4. The SMILES string of the molecule is NN=Cc1ccc(CCCCC(=O)NC(CC(=O)O)c2ccc(C=NN)cc2)cc1.NN=Cc1ccc(CCCCC(=O)NC(CC(=O)O)c2cccc(C=NN)c2)cc1. The van der Waals surface area contributed by atoms with E-state index in [0.29, 0.717) is 31.2 Å². The summed E-state index contributed by atoms with van der Waals surface area (Å²) in [4.78, 5) is 47.2. The normalized spacial score (nSPS) is 12.3. The Morgan fingerprint density at radius 3 is 1.28 bits per heavy atom. The molecule has 0 heterocycles. The Balaban J connectivity index is 0.000000320. The van der Waals surface area contributed by atoms with E-state index >= 15 is 0 Å². The number of hydrogen-bond acceptors (Lipinski definition) is 12. The molecule has 316 valence electrons. The second-order valence-electron chi connectivity index (χ2n) is 13.8. The molecule has 2 amide bonds. The molecule has 16 nitrogen and oxygen atoms in total. The average Bonchev–Trinajstić information content (AvgIpc) is 3.23. The van der Waals surface area contributed by atoms with Gasteiger partial charge in [0, 0.05) is 12.8 Å². The van der Waals surface area contributed by atoms with Gasteiger partial charge in [-0.3, -0.25) is 19.2 Å². The maximum absolute atomic E-state index is 12.4. The first-order valence-corrected chi connectivity index (χ1v) is 19.4. The molecule has 0 saturated heterocycles. The Hall–Kier alpha value is -7.36. The molecule has 4 aromatic rings.